The molecule has 2 aromatic carbocycles. The van der Waals surface area contributed by atoms with Gasteiger partial charge < -0.3 is 16.0 Å². The standard InChI is InChI=1S/C17H19N3O/c18-15-6-3-7-16(12-15)19-17(21)20-10-8-13-4-1-2-5-14(13)9-11-20/h1-7,12H,8-11,18H2,(H,19,21). The van der Waals surface area contributed by atoms with E-state index < -0.39 is 0 Å². The highest BCUT2D eigenvalue weighted by Gasteiger charge is 2.18. The number of nitrogen functional groups attached to an aromatic ring is 1. The lowest BCUT2D eigenvalue weighted by Gasteiger charge is -2.20. The van der Waals surface area contributed by atoms with E-state index in [1.54, 1.807) is 12.1 Å². The quantitative estimate of drug-likeness (QED) is 0.790. The van der Waals surface area contributed by atoms with Crippen LogP contribution in [0.3, 0.4) is 0 Å². The Kier molecular flexibility index (Phi) is 3.77. The predicted molar refractivity (Wildman–Crippen MR) is 85.3 cm³/mol. The first-order chi connectivity index (χ1) is 10.2. The molecule has 2 aromatic rings. The second-order valence-corrected chi connectivity index (χ2v) is 5.31. The third kappa shape index (κ3) is 3.16. The predicted octanol–water partition coefficient (Wildman–Crippen LogP) is 2.90. The average Bonchev–Trinajstić information content (AvgIpc) is 2.70. The van der Waals surface area contributed by atoms with Crippen molar-refractivity contribution >= 4 is 17.4 Å². The van der Waals surface area contributed by atoms with Gasteiger partial charge in [-0.25, -0.2) is 4.79 Å². The van der Waals surface area contributed by atoms with Gasteiger partial charge >= 0.3 is 6.03 Å². The second kappa shape index (κ2) is 5.87. The minimum atomic E-state index is -0.0617. The summed E-state index contributed by atoms with van der Waals surface area (Å²) >= 11 is 0. The van der Waals surface area contributed by atoms with Crippen molar-refractivity contribution in [3.63, 3.8) is 0 Å². The Labute approximate surface area is 124 Å². The summed E-state index contributed by atoms with van der Waals surface area (Å²) in [5.74, 6) is 0. The van der Waals surface area contributed by atoms with Crippen molar-refractivity contribution in [1.29, 1.82) is 0 Å². The Morgan fingerprint density at radius 3 is 2.29 bits per heavy atom. The van der Waals surface area contributed by atoms with E-state index in [9.17, 15) is 4.79 Å². The van der Waals surface area contributed by atoms with Crippen LogP contribution in [0.15, 0.2) is 48.5 Å². The highest BCUT2D eigenvalue weighted by molar-refractivity contribution is 5.89. The molecule has 1 aliphatic rings. The van der Waals surface area contributed by atoms with Crippen LogP contribution in [-0.4, -0.2) is 24.0 Å². The van der Waals surface area contributed by atoms with E-state index in [1.807, 2.05) is 17.0 Å². The molecule has 4 heteroatoms. The molecule has 3 N–H and O–H groups in total. The van der Waals surface area contributed by atoms with Crippen LogP contribution in [0.1, 0.15) is 11.1 Å². The molecule has 108 valence electrons. The SMILES string of the molecule is Nc1cccc(NC(=O)N2CCc3ccccc3CC2)c1. The van der Waals surface area contributed by atoms with Crippen LogP contribution < -0.4 is 11.1 Å². The molecule has 0 fully saturated rings. The number of hydrogen-bond donors (Lipinski definition) is 2. The third-order valence-electron chi connectivity index (χ3n) is 3.85. The minimum Gasteiger partial charge on any atom is -0.399 e. The van der Waals surface area contributed by atoms with Crippen LogP contribution in [0.25, 0.3) is 0 Å². The number of rotatable bonds is 1. The van der Waals surface area contributed by atoms with E-state index in [0.717, 1.165) is 31.6 Å². The molecule has 0 aliphatic carbocycles. The molecule has 0 bridgehead atoms. The summed E-state index contributed by atoms with van der Waals surface area (Å²) in [6.45, 7) is 1.48. The van der Waals surface area contributed by atoms with Gasteiger partial charge in [-0.3, -0.25) is 0 Å². The van der Waals surface area contributed by atoms with Crippen molar-refractivity contribution < 1.29 is 4.79 Å². The van der Waals surface area contributed by atoms with Crippen molar-refractivity contribution in [2.45, 2.75) is 12.8 Å². The molecule has 0 unspecified atom stereocenters. The Bertz CT molecular complexity index is 627. The van der Waals surface area contributed by atoms with Crippen molar-refractivity contribution in [2.24, 2.45) is 0 Å². The Hall–Kier alpha value is -2.49. The molecule has 4 nitrogen and oxygen atoms in total. The van der Waals surface area contributed by atoms with Crippen LogP contribution in [0, 0.1) is 0 Å². The molecule has 0 atom stereocenters. The summed E-state index contributed by atoms with van der Waals surface area (Å²) in [7, 11) is 0. The number of carbonyl (C=O) groups excluding carboxylic acids is 1. The molecule has 0 saturated heterocycles. The van der Waals surface area contributed by atoms with Gasteiger partial charge in [0.05, 0.1) is 0 Å². The van der Waals surface area contributed by atoms with Gasteiger partial charge in [0.15, 0.2) is 0 Å². The largest absolute Gasteiger partial charge is 0.399 e. The lowest BCUT2D eigenvalue weighted by atomic mass is 10.0. The number of nitrogens with two attached hydrogens (primary N) is 1. The first-order valence-electron chi connectivity index (χ1n) is 7.20. The smallest absolute Gasteiger partial charge is 0.321 e. The van der Waals surface area contributed by atoms with Crippen molar-refractivity contribution in [1.82, 2.24) is 4.90 Å². The lowest BCUT2D eigenvalue weighted by Crippen LogP contribution is -2.36. The molecule has 1 heterocycles. The van der Waals surface area contributed by atoms with E-state index >= 15 is 0 Å². The third-order valence-corrected chi connectivity index (χ3v) is 3.85. The Morgan fingerprint density at radius 1 is 1.00 bits per heavy atom. The fourth-order valence-electron chi connectivity index (χ4n) is 2.69. The minimum absolute atomic E-state index is 0.0617. The van der Waals surface area contributed by atoms with Crippen LogP contribution >= 0.6 is 0 Å². The van der Waals surface area contributed by atoms with Crippen molar-refractivity contribution in [2.75, 3.05) is 24.1 Å². The van der Waals surface area contributed by atoms with E-state index in [4.69, 9.17) is 5.73 Å². The summed E-state index contributed by atoms with van der Waals surface area (Å²) in [6, 6.07) is 15.6. The number of amides is 2. The number of nitrogens with zero attached hydrogens (tertiary/aromatic N) is 1. The van der Waals surface area contributed by atoms with Gasteiger partial charge in [-0.05, 0) is 42.2 Å². The molecule has 21 heavy (non-hydrogen) atoms. The number of carbonyl (C=O) groups is 1. The zero-order valence-corrected chi connectivity index (χ0v) is 11.9. The number of anilines is 2. The number of nitrogens with one attached hydrogen (secondary N) is 1. The second-order valence-electron chi connectivity index (χ2n) is 5.31. The van der Waals surface area contributed by atoms with Crippen molar-refractivity contribution in [3.8, 4) is 0 Å². The van der Waals surface area contributed by atoms with Gasteiger partial charge in [0.1, 0.15) is 0 Å². The molecule has 0 saturated carbocycles. The van der Waals surface area contributed by atoms with E-state index in [2.05, 4.69) is 29.6 Å². The van der Waals surface area contributed by atoms with Gasteiger partial charge in [0, 0.05) is 24.5 Å². The normalized spacial score (nSPS) is 14.2. The average molecular weight is 281 g/mol. The number of benzene rings is 2. The molecule has 2 amide bonds. The topological polar surface area (TPSA) is 58.4 Å². The summed E-state index contributed by atoms with van der Waals surface area (Å²) in [5.41, 5.74) is 9.81. The summed E-state index contributed by atoms with van der Waals surface area (Å²) in [4.78, 5) is 14.2. The first kappa shape index (κ1) is 13.5. The first-order valence-corrected chi connectivity index (χ1v) is 7.20. The fourth-order valence-corrected chi connectivity index (χ4v) is 2.69. The van der Waals surface area contributed by atoms with Gasteiger partial charge in [0.2, 0.25) is 0 Å². The Morgan fingerprint density at radius 2 is 1.67 bits per heavy atom. The molecule has 0 spiro atoms. The maximum atomic E-state index is 12.4. The molecule has 1 aliphatic heterocycles. The lowest BCUT2D eigenvalue weighted by molar-refractivity contribution is 0.214. The highest BCUT2D eigenvalue weighted by Crippen LogP contribution is 2.17. The zero-order chi connectivity index (χ0) is 14.7. The molecule has 0 radical (unpaired) electrons. The molecule has 0 aromatic heterocycles. The van der Waals surface area contributed by atoms with E-state index in [-0.39, 0.29) is 6.03 Å². The van der Waals surface area contributed by atoms with Crippen LogP contribution in [0.2, 0.25) is 0 Å². The number of fused-ring (bicyclic) bond motifs is 1. The number of hydrogen-bond acceptors (Lipinski definition) is 2. The monoisotopic (exact) mass is 281 g/mol. The summed E-state index contributed by atoms with van der Waals surface area (Å²) in [6.07, 6.45) is 1.81. The maximum absolute atomic E-state index is 12.4. The zero-order valence-electron chi connectivity index (χ0n) is 11.9. The number of urea groups is 1. The highest BCUT2D eigenvalue weighted by atomic mass is 16.2. The van der Waals surface area contributed by atoms with Crippen LogP contribution in [0.4, 0.5) is 16.2 Å². The molecule has 3 rings (SSSR count). The van der Waals surface area contributed by atoms with E-state index in [0.29, 0.717) is 5.69 Å². The Balaban J connectivity index is 1.67. The van der Waals surface area contributed by atoms with Crippen LogP contribution in [-0.2, 0) is 12.8 Å². The summed E-state index contributed by atoms with van der Waals surface area (Å²) in [5, 5.41) is 2.91. The molecular formula is C17H19N3O. The molecular weight excluding hydrogens is 262 g/mol. The van der Waals surface area contributed by atoms with Gasteiger partial charge in [0.25, 0.3) is 0 Å². The van der Waals surface area contributed by atoms with Crippen LogP contribution in [0.5, 0.6) is 0 Å². The summed E-state index contributed by atoms with van der Waals surface area (Å²) < 4.78 is 0. The van der Waals surface area contributed by atoms with Crippen molar-refractivity contribution in [3.05, 3.63) is 59.7 Å². The van der Waals surface area contributed by atoms with Gasteiger partial charge in [-0.2, -0.15) is 0 Å². The van der Waals surface area contributed by atoms with E-state index in [1.165, 1.54) is 11.1 Å². The maximum Gasteiger partial charge on any atom is 0.321 e. The van der Waals surface area contributed by atoms with Gasteiger partial charge in [-0.1, -0.05) is 30.3 Å². The van der Waals surface area contributed by atoms with Gasteiger partial charge in [-0.15, -0.1) is 0 Å². The fraction of sp³-hybridized carbons (Fsp3) is 0.235.